The summed E-state index contributed by atoms with van der Waals surface area (Å²) in [6, 6.07) is 4.00. The molecule has 3 rings (SSSR count). The molecule has 6 heteroatoms. The summed E-state index contributed by atoms with van der Waals surface area (Å²) >= 11 is 1.63. The van der Waals surface area contributed by atoms with Gasteiger partial charge >= 0.3 is 0 Å². The third kappa shape index (κ3) is 3.87. The van der Waals surface area contributed by atoms with Crippen LogP contribution in [0.15, 0.2) is 23.8 Å². The fourth-order valence-corrected chi connectivity index (χ4v) is 3.87. The molecule has 1 unspecified atom stereocenters. The Morgan fingerprint density at radius 2 is 2.33 bits per heavy atom. The summed E-state index contributed by atoms with van der Waals surface area (Å²) in [6.45, 7) is 6.97. The van der Waals surface area contributed by atoms with Gasteiger partial charge in [-0.25, -0.2) is 4.98 Å². The van der Waals surface area contributed by atoms with Crippen LogP contribution in [0.2, 0.25) is 0 Å². The fraction of sp³-hybridized carbons (Fsp3) is 0.556. The molecule has 130 valence electrons. The van der Waals surface area contributed by atoms with Crippen molar-refractivity contribution in [3.05, 3.63) is 40.1 Å². The van der Waals surface area contributed by atoms with E-state index in [0.717, 1.165) is 17.2 Å². The molecule has 0 radical (unpaired) electrons. The highest BCUT2D eigenvalue weighted by molar-refractivity contribution is 7.10. The molecule has 5 nitrogen and oxygen atoms in total. The quantitative estimate of drug-likeness (QED) is 0.807. The maximum atomic E-state index is 12.7. The van der Waals surface area contributed by atoms with E-state index in [9.17, 15) is 4.79 Å². The number of amides is 1. The number of aryl methyl sites for hydroxylation is 1. The molecule has 0 spiro atoms. The van der Waals surface area contributed by atoms with Crippen molar-refractivity contribution in [1.29, 1.82) is 0 Å². The zero-order valence-electron chi connectivity index (χ0n) is 14.6. The lowest BCUT2D eigenvalue weighted by atomic mass is 9.98. The van der Waals surface area contributed by atoms with E-state index in [1.807, 2.05) is 35.8 Å². The maximum absolute atomic E-state index is 12.7. The van der Waals surface area contributed by atoms with Crippen molar-refractivity contribution in [2.45, 2.75) is 32.7 Å². The van der Waals surface area contributed by atoms with Crippen LogP contribution in [0.1, 0.15) is 36.0 Å². The Morgan fingerprint density at radius 1 is 1.50 bits per heavy atom. The number of carbonyl (C=O) groups is 1. The first-order valence-electron chi connectivity index (χ1n) is 8.42. The normalized spacial score (nSPS) is 17.3. The Bertz CT molecular complexity index is 679. The number of hydrogen-bond acceptors (Lipinski definition) is 4. The Hall–Kier alpha value is -1.66. The molecule has 1 aliphatic rings. The minimum Gasteiger partial charge on any atom is -0.380 e. The van der Waals surface area contributed by atoms with Gasteiger partial charge in [0.25, 0.3) is 0 Å². The third-order valence-electron chi connectivity index (χ3n) is 4.26. The van der Waals surface area contributed by atoms with Crippen LogP contribution in [0.5, 0.6) is 0 Å². The van der Waals surface area contributed by atoms with E-state index in [-0.39, 0.29) is 11.8 Å². The zero-order chi connectivity index (χ0) is 17.1. The highest BCUT2D eigenvalue weighted by Gasteiger charge is 2.31. The second-order valence-electron chi connectivity index (χ2n) is 6.85. The van der Waals surface area contributed by atoms with Crippen molar-refractivity contribution in [1.82, 2.24) is 14.5 Å². The monoisotopic (exact) mass is 347 g/mol. The van der Waals surface area contributed by atoms with E-state index in [1.54, 1.807) is 11.3 Å². The van der Waals surface area contributed by atoms with Crippen LogP contribution in [-0.4, -0.2) is 40.1 Å². The SMILES string of the molecule is CC(C)COCC1CN(C(=O)Cc2cccs2)Cc2ncn(C)c21. The van der Waals surface area contributed by atoms with E-state index in [4.69, 9.17) is 4.74 Å². The van der Waals surface area contributed by atoms with E-state index >= 15 is 0 Å². The van der Waals surface area contributed by atoms with Crippen molar-refractivity contribution in [2.75, 3.05) is 19.8 Å². The number of rotatable bonds is 6. The average Bonchev–Trinajstić information content (AvgIpc) is 3.17. The Kier molecular flexibility index (Phi) is 5.36. The lowest BCUT2D eigenvalue weighted by Gasteiger charge is -2.33. The summed E-state index contributed by atoms with van der Waals surface area (Å²) in [5.74, 6) is 0.867. The van der Waals surface area contributed by atoms with Crippen LogP contribution in [0, 0.1) is 5.92 Å². The maximum Gasteiger partial charge on any atom is 0.228 e. The second-order valence-corrected chi connectivity index (χ2v) is 7.88. The number of ether oxygens (including phenoxy) is 1. The summed E-state index contributed by atoms with van der Waals surface area (Å²) < 4.78 is 7.94. The molecule has 0 aliphatic carbocycles. The Balaban J connectivity index is 1.71. The standard InChI is InChI=1S/C18H25N3O2S/c1-13(2)10-23-11-14-8-21(9-16-18(14)20(3)12-19-16)17(22)7-15-5-4-6-24-15/h4-6,12-14H,7-11H2,1-3H3. The van der Waals surface area contributed by atoms with Gasteiger partial charge in [-0.05, 0) is 17.4 Å². The molecule has 2 aromatic rings. The number of thiophene rings is 1. The molecule has 0 fully saturated rings. The van der Waals surface area contributed by atoms with E-state index < -0.39 is 0 Å². The van der Waals surface area contributed by atoms with Gasteiger partial charge in [0.15, 0.2) is 0 Å². The van der Waals surface area contributed by atoms with Gasteiger partial charge in [-0.1, -0.05) is 19.9 Å². The molecule has 24 heavy (non-hydrogen) atoms. The molecule has 1 atom stereocenters. The van der Waals surface area contributed by atoms with Crippen LogP contribution in [0.4, 0.5) is 0 Å². The van der Waals surface area contributed by atoms with Crippen molar-refractivity contribution in [2.24, 2.45) is 13.0 Å². The number of nitrogens with zero attached hydrogens (tertiary/aromatic N) is 3. The number of hydrogen-bond donors (Lipinski definition) is 0. The molecule has 1 aliphatic heterocycles. The fourth-order valence-electron chi connectivity index (χ4n) is 3.17. The van der Waals surface area contributed by atoms with Gasteiger partial charge in [0, 0.05) is 36.7 Å². The van der Waals surface area contributed by atoms with Gasteiger partial charge in [-0.2, -0.15) is 0 Å². The Labute approximate surface area is 147 Å². The largest absolute Gasteiger partial charge is 0.380 e. The number of carbonyl (C=O) groups excluding carboxylic acids is 1. The minimum atomic E-state index is 0.169. The Morgan fingerprint density at radius 3 is 3.04 bits per heavy atom. The molecule has 0 N–H and O–H groups in total. The predicted octanol–water partition coefficient (Wildman–Crippen LogP) is 2.82. The van der Waals surface area contributed by atoms with Gasteiger partial charge in [0.1, 0.15) is 0 Å². The van der Waals surface area contributed by atoms with E-state index in [0.29, 0.717) is 32.0 Å². The zero-order valence-corrected chi connectivity index (χ0v) is 15.4. The van der Waals surface area contributed by atoms with Gasteiger partial charge in [-0.3, -0.25) is 4.79 Å². The lowest BCUT2D eigenvalue weighted by Crippen LogP contribution is -2.41. The van der Waals surface area contributed by atoms with Gasteiger partial charge in [-0.15, -0.1) is 11.3 Å². The van der Waals surface area contributed by atoms with Crippen LogP contribution in [-0.2, 0) is 29.5 Å². The summed E-state index contributed by atoms with van der Waals surface area (Å²) in [6.07, 6.45) is 2.31. The summed E-state index contributed by atoms with van der Waals surface area (Å²) in [5, 5.41) is 2.01. The first-order valence-corrected chi connectivity index (χ1v) is 9.30. The van der Waals surface area contributed by atoms with Crippen LogP contribution in [0.3, 0.4) is 0 Å². The molecule has 3 heterocycles. The smallest absolute Gasteiger partial charge is 0.228 e. The van der Waals surface area contributed by atoms with Crippen molar-refractivity contribution in [3.63, 3.8) is 0 Å². The molecular formula is C18H25N3O2S. The first-order chi connectivity index (χ1) is 11.5. The van der Waals surface area contributed by atoms with Crippen molar-refractivity contribution < 1.29 is 9.53 Å². The van der Waals surface area contributed by atoms with Crippen molar-refractivity contribution in [3.8, 4) is 0 Å². The topological polar surface area (TPSA) is 47.4 Å². The number of aromatic nitrogens is 2. The van der Waals surface area contributed by atoms with E-state index in [2.05, 4.69) is 23.4 Å². The average molecular weight is 347 g/mol. The molecule has 1 amide bonds. The number of imidazole rings is 1. The molecule has 0 saturated carbocycles. The molecule has 0 saturated heterocycles. The molecule has 0 bridgehead atoms. The van der Waals surface area contributed by atoms with Crippen LogP contribution < -0.4 is 0 Å². The van der Waals surface area contributed by atoms with Crippen LogP contribution in [0.25, 0.3) is 0 Å². The predicted molar refractivity (Wildman–Crippen MR) is 95.0 cm³/mol. The van der Waals surface area contributed by atoms with Gasteiger partial charge < -0.3 is 14.2 Å². The first kappa shape index (κ1) is 17.2. The summed E-state index contributed by atoms with van der Waals surface area (Å²) in [7, 11) is 2.02. The molecule has 0 aromatic carbocycles. The number of fused-ring (bicyclic) bond motifs is 1. The lowest BCUT2D eigenvalue weighted by molar-refractivity contribution is -0.132. The van der Waals surface area contributed by atoms with Crippen molar-refractivity contribution >= 4 is 17.2 Å². The summed E-state index contributed by atoms with van der Waals surface area (Å²) in [5.41, 5.74) is 2.21. The minimum absolute atomic E-state index is 0.169. The third-order valence-corrected chi connectivity index (χ3v) is 5.14. The highest BCUT2D eigenvalue weighted by Crippen LogP contribution is 2.28. The van der Waals surface area contributed by atoms with E-state index in [1.165, 1.54) is 5.69 Å². The molecular weight excluding hydrogens is 322 g/mol. The van der Waals surface area contributed by atoms with Crippen LogP contribution >= 0.6 is 11.3 Å². The second kappa shape index (κ2) is 7.49. The summed E-state index contributed by atoms with van der Waals surface area (Å²) in [4.78, 5) is 20.2. The molecule has 2 aromatic heterocycles. The van der Waals surface area contributed by atoms with Gasteiger partial charge in [0.05, 0.1) is 31.6 Å². The van der Waals surface area contributed by atoms with Gasteiger partial charge in [0.2, 0.25) is 5.91 Å². The highest BCUT2D eigenvalue weighted by atomic mass is 32.1.